The molecule has 0 saturated carbocycles. The number of aromatic nitrogens is 1. The fraction of sp³-hybridized carbons (Fsp3) is 0.0952. The maximum Gasteiger partial charge on any atom is 0.273 e. The van der Waals surface area contributed by atoms with Gasteiger partial charge in [-0.2, -0.15) is 10.5 Å². The summed E-state index contributed by atoms with van der Waals surface area (Å²) in [5.74, 6) is 0.482. The molecule has 0 aliphatic rings. The molecule has 27 heavy (non-hydrogen) atoms. The quantitative estimate of drug-likeness (QED) is 0.705. The van der Waals surface area contributed by atoms with Gasteiger partial charge in [0, 0.05) is 0 Å². The highest BCUT2D eigenvalue weighted by molar-refractivity contribution is 7.07. The largest absolute Gasteiger partial charge is 0.495 e. The smallest absolute Gasteiger partial charge is 0.273 e. The highest BCUT2D eigenvalue weighted by atomic mass is 32.1. The summed E-state index contributed by atoms with van der Waals surface area (Å²) in [4.78, 5) is 13.1. The number of nitrogens with zero attached hydrogens (tertiary/aromatic N) is 3. The summed E-state index contributed by atoms with van der Waals surface area (Å²) >= 11 is 1.12. The van der Waals surface area contributed by atoms with Crippen molar-refractivity contribution in [1.82, 2.24) is 4.57 Å². The average Bonchev–Trinajstić information content (AvgIpc) is 2.99. The molecule has 0 saturated heterocycles. The lowest BCUT2D eigenvalue weighted by molar-refractivity contribution is 0.412. The minimum atomic E-state index is -0.302. The lowest BCUT2D eigenvalue weighted by atomic mass is 10.1. The molecule has 1 heterocycles. The highest BCUT2D eigenvalue weighted by Crippen LogP contribution is 2.19. The predicted octanol–water partition coefficient (Wildman–Crippen LogP) is 2.24. The van der Waals surface area contributed by atoms with E-state index >= 15 is 0 Å². The Morgan fingerprint density at radius 1 is 1.15 bits per heavy atom. The van der Waals surface area contributed by atoms with Crippen molar-refractivity contribution in [3.63, 3.8) is 0 Å². The molecule has 1 aromatic heterocycles. The molecule has 6 heteroatoms. The Bertz CT molecular complexity index is 1250. The van der Waals surface area contributed by atoms with E-state index in [2.05, 4.69) is 0 Å². The number of hydrogen-bond donors (Lipinski definition) is 0. The lowest BCUT2D eigenvalue weighted by Crippen LogP contribution is -2.31. The molecule has 0 amide bonds. The molecule has 0 aliphatic heterocycles. The van der Waals surface area contributed by atoms with Crippen LogP contribution < -0.4 is 19.5 Å². The van der Waals surface area contributed by atoms with Gasteiger partial charge < -0.3 is 4.74 Å². The van der Waals surface area contributed by atoms with Gasteiger partial charge in [0.05, 0.1) is 17.3 Å². The summed E-state index contributed by atoms with van der Waals surface area (Å²) in [5.41, 5.74) is 2.02. The molecule has 3 aromatic rings. The van der Waals surface area contributed by atoms with Gasteiger partial charge >= 0.3 is 0 Å². The van der Waals surface area contributed by atoms with E-state index in [-0.39, 0.29) is 15.8 Å². The van der Waals surface area contributed by atoms with Gasteiger partial charge in [-0.1, -0.05) is 42.0 Å². The van der Waals surface area contributed by atoms with Gasteiger partial charge in [0.25, 0.3) is 5.56 Å². The number of hydrogen-bond acceptors (Lipinski definition) is 5. The Labute approximate surface area is 159 Å². The van der Waals surface area contributed by atoms with E-state index in [0.29, 0.717) is 16.0 Å². The Kier molecular flexibility index (Phi) is 5.21. The number of methoxy groups -OCH3 is 1. The van der Waals surface area contributed by atoms with Gasteiger partial charge in [-0.05, 0) is 30.7 Å². The van der Waals surface area contributed by atoms with Crippen molar-refractivity contribution >= 4 is 23.0 Å². The first kappa shape index (κ1) is 18.2. The van der Waals surface area contributed by atoms with Crippen LogP contribution in [-0.4, -0.2) is 11.7 Å². The van der Waals surface area contributed by atoms with Gasteiger partial charge in [-0.25, -0.2) is 0 Å². The fourth-order valence-electron chi connectivity index (χ4n) is 2.72. The third kappa shape index (κ3) is 3.52. The molecule has 0 atom stereocenters. The molecule has 0 radical (unpaired) electrons. The van der Waals surface area contributed by atoms with Crippen LogP contribution in [0.2, 0.25) is 0 Å². The molecular weight excluding hydrogens is 358 g/mol. The first-order chi connectivity index (χ1) is 13.1. The van der Waals surface area contributed by atoms with Crippen LogP contribution in [0.15, 0.2) is 53.3 Å². The van der Waals surface area contributed by atoms with Crippen LogP contribution in [0, 0.1) is 29.6 Å². The normalized spacial score (nSPS) is 10.9. The van der Waals surface area contributed by atoms with Crippen molar-refractivity contribution in [2.45, 2.75) is 6.92 Å². The fourth-order valence-corrected chi connectivity index (χ4v) is 3.76. The van der Waals surface area contributed by atoms with E-state index in [1.54, 1.807) is 30.3 Å². The summed E-state index contributed by atoms with van der Waals surface area (Å²) in [7, 11) is 1.51. The molecule has 0 N–H and O–H groups in total. The zero-order valence-corrected chi connectivity index (χ0v) is 15.6. The molecule has 0 bridgehead atoms. The maximum absolute atomic E-state index is 13.1. The standard InChI is InChI=1S/C21H15N3O2S/c1-14-6-5-7-15(10-14)11-19-20(25)24(21(27-19)16(12-22)13-23)17-8-3-4-9-18(17)26-2/h3-11H,1-2H3/b19-11+. The monoisotopic (exact) mass is 373 g/mol. The summed E-state index contributed by atoms with van der Waals surface area (Å²) in [6, 6.07) is 18.5. The number of rotatable bonds is 3. The molecule has 0 fully saturated rings. The second-order valence-electron chi connectivity index (χ2n) is 5.74. The number of para-hydroxylation sites is 2. The lowest BCUT2D eigenvalue weighted by Gasteiger charge is -2.08. The van der Waals surface area contributed by atoms with Gasteiger partial charge in [0.1, 0.15) is 22.6 Å². The maximum atomic E-state index is 13.1. The first-order valence-electron chi connectivity index (χ1n) is 8.07. The van der Waals surface area contributed by atoms with Crippen LogP contribution in [0.4, 0.5) is 0 Å². The Morgan fingerprint density at radius 3 is 2.56 bits per heavy atom. The predicted molar refractivity (Wildman–Crippen MR) is 105 cm³/mol. The zero-order valence-electron chi connectivity index (χ0n) is 14.8. The van der Waals surface area contributed by atoms with E-state index < -0.39 is 0 Å². The van der Waals surface area contributed by atoms with Crippen LogP contribution >= 0.6 is 11.3 Å². The minimum absolute atomic E-state index is 0.119. The van der Waals surface area contributed by atoms with Crippen molar-refractivity contribution in [3.05, 3.63) is 79.2 Å². The van der Waals surface area contributed by atoms with Gasteiger partial charge in [-0.15, -0.1) is 11.3 Å². The third-order valence-electron chi connectivity index (χ3n) is 3.93. The second-order valence-corrected chi connectivity index (χ2v) is 6.77. The molecule has 0 aliphatic carbocycles. The molecule has 5 nitrogen and oxygen atoms in total. The summed E-state index contributed by atoms with van der Waals surface area (Å²) in [6.07, 6.45) is 1.77. The van der Waals surface area contributed by atoms with Crippen LogP contribution in [0.1, 0.15) is 11.1 Å². The third-order valence-corrected chi connectivity index (χ3v) is 5.02. The summed E-state index contributed by atoms with van der Waals surface area (Å²) in [6.45, 7) is 1.97. The van der Waals surface area contributed by atoms with Crippen molar-refractivity contribution in [2.24, 2.45) is 0 Å². The number of ether oxygens (including phenoxy) is 1. The van der Waals surface area contributed by atoms with Gasteiger partial charge in [-0.3, -0.25) is 9.36 Å². The number of thiazole rings is 1. The van der Waals surface area contributed by atoms with Crippen LogP contribution in [0.3, 0.4) is 0 Å². The van der Waals surface area contributed by atoms with Crippen molar-refractivity contribution < 1.29 is 4.74 Å². The second kappa shape index (κ2) is 7.74. The number of aryl methyl sites for hydroxylation is 1. The van der Waals surface area contributed by atoms with E-state index in [9.17, 15) is 15.3 Å². The number of benzene rings is 2. The van der Waals surface area contributed by atoms with Crippen molar-refractivity contribution in [3.8, 4) is 23.6 Å². The Balaban J connectivity index is 2.43. The highest BCUT2D eigenvalue weighted by Gasteiger charge is 2.14. The minimum Gasteiger partial charge on any atom is -0.495 e. The number of nitriles is 2. The van der Waals surface area contributed by atoms with Crippen molar-refractivity contribution in [2.75, 3.05) is 7.11 Å². The van der Waals surface area contributed by atoms with E-state index in [1.165, 1.54) is 11.7 Å². The van der Waals surface area contributed by atoms with Crippen molar-refractivity contribution in [1.29, 1.82) is 10.5 Å². The van der Waals surface area contributed by atoms with E-state index in [4.69, 9.17) is 4.74 Å². The van der Waals surface area contributed by atoms with E-state index in [1.807, 2.05) is 43.3 Å². The topological polar surface area (TPSA) is 78.8 Å². The average molecular weight is 373 g/mol. The van der Waals surface area contributed by atoms with Crippen LogP contribution in [0.5, 0.6) is 5.75 Å². The first-order valence-corrected chi connectivity index (χ1v) is 8.89. The molecule has 0 unspecified atom stereocenters. The Hall–Kier alpha value is -3.61. The molecule has 3 rings (SSSR count). The zero-order chi connectivity index (χ0) is 19.4. The van der Waals surface area contributed by atoms with Gasteiger partial charge in [0.15, 0.2) is 5.57 Å². The summed E-state index contributed by atoms with van der Waals surface area (Å²) < 4.78 is 7.45. The van der Waals surface area contributed by atoms with Crippen LogP contribution in [-0.2, 0) is 0 Å². The van der Waals surface area contributed by atoms with E-state index in [0.717, 1.165) is 22.5 Å². The molecule has 2 aromatic carbocycles. The Morgan fingerprint density at radius 2 is 1.89 bits per heavy atom. The SMILES string of the molecule is COc1ccccc1-n1c(=C(C#N)C#N)s/c(=C/c2cccc(C)c2)c1=O. The molecule has 0 spiro atoms. The van der Waals surface area contributed by atoms with Gasteiger partial charge in [0.2, 0.25) is 0 Å². The summed E-state index contributed by atoms with van der Waals surface area (Å²) in [5, 5.41) is 18.7. The molecule has 132 valence electrons. The van der Waals surface area contributed by atoms with Crippen LogP contribution in [0.25, 0.3) is 17.3 Å². The molecular formula is C21H15N3O2S.